The summed E-state index contributed by atoms with van der Waals surface area (Å²) in [5.41, 5.74) is -0.783. The average Bonchev–Trinajstić information content (AvgIpc) is 2.46. The Labute approximate surface area is 135 Å². The molecule has 1 rings (SSSR count). The fourth-order valence-corrected chi connectivity index (χ4v) is 3.18. The van der Waals surface area contributed by atoms with Gasteiger partial charge in [0.05, 0.1) is 10.8 Å². The summed E-state index contributed by atoms with van der Waals surface area (Å²) in [4.78, 5) is 32.8. The molecule has 9 heteroatoms. The van der Waals surface area contributed by atoms with E-state index >= 15 is 0 Å². The van der Waals surface area contributed by atoms with Crippen LogP contribution in [0.1, 0.15) is 24.2 Å². The third kappa shape index (κ3) is 5.57. The maximum atomic E-state index is 11.2. The Hall–Kier alpha value is -1.74. The summed E-state index contributed by atoms with van der Waals surface area (Å²) in [6.07, 6.45) is 0. The Morgan fingerprint density at radius 1 is 1.41 bits per heavy atom. The number of aromatic carboxylic acids is 1. The molecule has 0 atom stereocenters. The number of rotatable bonds is 8. The molecule has 0 amide bonds. The Balaban J connectivity index is 2.53. The lowest BCUT2D eigenvalue weighted by Crippen LogP contribution is -2.13. The summed E-state index contributed by atoms with van der Waals surface area (Å²) in [6, 6.07) is 3.92. The molecule has 0 radical (unpaired) electrons. The molecule has 0 spiro atoms. The van der Waals surface area contributed by atoms with Gasteiger partial charge in [0.1, 0.15) is 12.2 Å². The van der Waals surface area contributed by atoms with Crippen LogP contribution in [0.2, 0.25) is 0 Å². The van der Waals surface area contributed by atoms with Crippen molar-refractivity contribution in [3.8, 4) is 0 Å². The van der Waals surface area contributed by atoms with Gasteiger partial charge >= 0.3 is 11.9 Å². The van der Waals surface area contributed by atoms with E-state index in [0.29, 0.717) is 10.6 Å². The number of nitro groups is 1. The number of hydrogen-bond donors (Lipinski definition) is 1. The van der Waals surface area contributed by atoms with Gasteiger partial charge in [0.2, 0.25) is 0 Å². The van der Waals surface area contributed by atoms with Crippen LogP contribution in [-0.2, 0) is 9.53 Å². The molecule has 0 aromatic heterocycles. The van der Waals surface area contributed by atoms with Crippen molar-refractivity contribution in [2.24, 2.45) is 5.92 Å². The summed E-state index contributed by atoms with van der Waals surface area (Å²) in [6.45, 7) is 3.75. The molecule has 7 nitrogen and oxygen atoms in total. The van der Waals surface area contributed by atoms with Gasteiger partial charge in [-0.1, -0.05) is 35.4 Å². The molecule has 0 aliphatic carbocycles. The normalized spacial score (nSPS) is 10.5. The van der Waals surface area contributed by atoms with Gasteiger partial charge in [0.15, 0.2) is 0 Å². The zero-order valence-corrected chi connectivity index (χ0v) is 13.6. The maximum Gasteiger partial charge on any atom is 0.342 e. The molecule has 1 N–H and O–H groups in total. The SMILES string of the molecule is CC(C)C(=O)OCCSSc1ccc([N+](=O)[O-])c(C(=O)O)c1. The first kappa shape index (κ1) is 18.3. The van der Waals surface area contributed by atoms with E-state index in [2.05, 4.69) is 0 Å². The number of carboxylic acids is 1. The van der Waals surface area contributed by atoms with Gasteiger partial charge in [-0.05, 0) is 12.1 Å². The highest BCUT2D eigenvalue weighted by atomic mass is 33.1. The van der Waals surface area contributed by atoms with Crippen LogP contribution in [-0.4, -0.2) is 34.3 Å². The van der Waals surface area contributed by atoms with Crippen molar-refractivity contribution in [2.45, 2.75) is 18.7 Å². The quantitative estimate of drug-likeness (QED) is 0.252. The summed E-state index contributed by atoms with van der Waals surface area (Å²) in [5, 5.41) is 19.7. The molecule has 0 aliphatic heterocycles. The van der Waals surface area contributed by atoms with E-state index in [1.165, 1.54) is 39.8 Å². The number of nitrogens with zero attached hydrogens (tertiary/aromatic N) is 1. The lowest BCUT2D eigenvalue weighted by Gasteiger charge is -2.06. The fourth-order valence-electron chi connectivity index (χ4n) is 1.35. The lowest BCUT2D eigenvalue weighted by atomic mass is 10.2. The smallest absolute Gasteiger partial charge is 0.342 e. The minimum atomic E-state index is -1.34. The minimum Gasteiger partial charge on any atom is -0.477 e. The number of benzene rings is 1. The first-order valence-corrected chi connectivity index (χ1v) is 8.62. The molecule has 0 saturated carbocycles. The third-order valence-electron chi connectivity index (χ3n) is 2.43. The molecule has 0 unspecified atom stereocenters. The molecular formula is C13H15NO6S2. The second kappa shape index (κ2) is 8.64. The monoisotopic (exact) mass is 345 g/mol. The molecular weight excluding hydrogens is 330 g/mol. The second-order valence-corrected chi connectivity index (χ2v) is 6.96. The number of nitro benzene ring substituents is 1. The molecule has 0 bridgehead atoms. The van der Waals surface area contributed by atoms with E-state index in [0.717, 1.165) is 0 Å². The Morgan fingerprint density at radius 3 is 2.64 bits per heavy atom. The van der Waals surface area contributed by atoms with E-state index < -0.39 is 16.6 Å². The first-order valence-electron chi connectivity index (χ1n) is 6.30. The van der Waals surface area contributed by atoms with Crippen LogP contribution in [0.4, 0.5) is 5.69 Å². The minimum absolute atomic E-state index is 0.176. The summed E-state index contributed by atoms with van der Waals surface area (Å²) < 4.78 is 5.00. The third-order valence-corrected chi connectivity index (χ3v) is 4.76. The van der Waals surface area contributed by atoms with Crippen molar-refractivity contribution in [3.63, 3.8) is 0 Å². The van der Waals surface area contributed by atoms with Crippen LogP contribution in [0.15, 0.2) is 23.1 Å². The van der Waals surface area contributed by atoms with Crippen molar-refractivity contribution in [3.05, 3.63) is 33.9 Å². The van der Waals surface area contributed by atoms with Gasteiger partial charge in [-0.3, -0.25) is 14.9 Å². The van der Waals surface area contributed by atoms with Crippen molar-refractivity contribution in [1.29, 1.82) is 0 Å². The largest absolute Gasteiger partial charge is 0.477 e. The van der Waals surface area contributed by atoms with E-state index in [1.54, 1.807) is 13.8 Å². The molecule has 1 aromatic rings. The highest BCUT2D eigenvalue weighted by molar-refractivity contribution is 8.76. The second-order valence-electron chi connectivity index (χ2n) is 4.47. The summed E-state index contributed by atoms with van der Waals surface area (Å²) in [5.74, 6) is -1.26. The van der Waals surface area contributed by atoms with Crippen LogP contribution in [0.3, 0.4) is 0 Å². The Bertz CT molecular complexity index is 576. The standard InChI is InChI=1S/C13H15NO6S2/c1-8(2)13(17)20-5-6-21-22-9-3-4-11(14(18)19)10(7-9)12(15)16/h3-4,7-8H,5-6H2,1-2H3,(H,15,16). The summed E-state index contributed by atoms with van der Waals surface area (Å²) >= 11 is 0. The van der Waals surface area contributed by atoms with Crippen LogP contribution in [0.25, 0.3) is 0 Å². The van der Waals surface area contributed by atoms with Crippen molar-refractivity contribution in [2.75, 3.05) is 12.4 Å². The van der Waals surface area contributed by atoms with Gasteiger partial charge in [-0.2, -0.15) is 0 Å². The fraction of sp³-hybridized carbons (Fsp3) is 0.385. The molecule has 22 heavy (non-hydrogen) atoms. The van der Waals surface area contributed by atoms with Gasteiger partial charge in [0.25, 0.3) is 5.69 Å². The van der Waals surface area contributed by atoms with Gasteiger partial charge in [-0.25, -0.2) is 4.79 Å². The van der Waals surface area contributed by atoms with Crippen molar-refractivity contribution >= 4 is 39.2 Å². The number of ether oxygens (including phenoxy) is 1. The molecule has 0 fully saturated rings. The van der Waals surface area contributed by atoms with Crippen LogP contribution in [0, 0.1) is 16.0 Å². The number of esters is 1. The predicted octanol–water partition coefficient (Wildman–Crippen LogP) is 3.23. The molecule has 0 saturated heterocycles. The van der Waals surface area contributed by atoms with E-state index in [9.17, 15) is 19.7 Å². The number of hydrogen-bond acceptors (Lipinski definition) is 7. The van der Waals surface area contributed by atoms with E-state index in [1.807, 2.05) is 0 Å². The van der Waals surface area contributed by atoms with E-state index in [4.69, 9.17) is 9.84 Å². The van der Waals surface area contributed by atoms with Crippen LogP contribution in [0.5, 0.6) is 0 Å². The highest BCUT2D eigenvalue weighted by Gasteiger charge is 2.20. The molecule has 120 valence electrons. The number of carbonyl (C=O) groups is 2. The summed E-state index contributed by atoms with van der Waals surface area (Å²) in [7, 11) is 2.64. The van der Waals surface area contributed by atoms with Gasteiger partial charge in [-0.15, -0.1) is 0 Å². The highest BCUT2D eigenvalue weighted by Crippen LogP contribution is 2.33. The van der Waals surface area contributed by atoms with Crippen molar-refractivity contribution < 1.29 is 24.4 Å². The molecule has 1 aromatic carbocycles. The first-order chi connectivity index (χ1) is 10.3. The maximum absolute atomic E-state index is 11.2. The lowest BCUT2D eigenvalue weighted by molar-refractivity contribution is -0.385. The number of carboxylic acid groups (broad SMARTS) is 1. The molecule has 0 aliphatic rings. The number of carbonyl (C=O) groups excluding carboxylic acids is 1. The van der Waals surface area contributed by atoms with Crippen molar-refractivity contribution in [1.82, 2.24) is 0 Å². The predicted molar refractivity (Wildman–Crippen MR) is 84.2 cm³/mol. The van der Waals surface area contributed by atoms with Gasteiger partial charge in [0, 0.05) is 16.7 Å². The van der Waals surface area contributed by atoms with Gasteiger partial charge < -0.3 is 9.84 Å². The molecule has 0 heterocycles. The van der Waals surface area contributed by atoms with Crippen LogP contribution < -0.4 is 0 Å². The van der Waals surface area contributed by atoms with Crippen LogP contribution >= 0.6 is 21.6 Å². The zero-order valence-electron chi connectivity index (χ0n) is 12.0. The zero-order chi connectivity index (χ0) is 16.7. The van der Waals surface area contributed by atoms with E-state index in [-0.39, 0.29) is 24.1 Å². The Kier molecular flexibility index (Phi) is 7.19. The topological polar surface area (TPSA) is 107 Å². The average molecular weight is 345 g/mol. The Morgan fingerprint density at radius 2 is 2.09 bits per heavy atom.